The molecule has 84 valence electrons. The quantitative estimate of drug-likeness (QED) is 0.759. The van der Waals surface area contributed by atoms with Gasteiger partial charge in [-0.15, -0.1) is 0 Å². The van der Waals surface area contributed by atoms with Crippen LogP contribution in [0.2, 0.25) is 0 Å². The second kappa shape index (κ2) is 3.68. The SMILES string of the molecule is CNC(=O)c1nn(C)c(C(C)(C)C)c1C. The molecule has 0 fully saturated rings. The van der Waals surface area contributed by atoms with Crippen molar-refractivity contribution in [3.8, 4) is 0 Å². The third-order valence-corrected chi connectivity index (χ3v) is 2.44. The van der Waals surface area contributed by atoms with E-state index in [1.165, 1.54) is 0 Å². The largest absolute Gasteiger partial charge is 0.354 e. The standard InChI is InChI=1S/C11H19N3O/c1-7-8(10(15)12-5)13-14(6)9(7)11(2,3)4/h1-6H3,(H,12,15). The van der Waals surface area contributed by atoms with Crippen molar-refractivity contribution in [1.29, 1.82) is 0 Å². The monoisotopic (exact) mass is 209 g/mol. The van der Waals surface area contributed by atoms with Gasteiger partial charge in [-0.05, 0) is 6.92 Å². The molecule has 1 heterocycles. The molecule has 15 heavy (non-hydrogen) atoms. The van der Waals surface area contributed by atoms with E-state index in [9.17, 15) is 4.79 Å². The van der Waals surface area contributed by atoms with E-state index < -0.39 is 0 Å². The van der Waals surface area contributed by atoms with Gasteiger partial charge in [0.15, 0.2) is 5.69 Å². The van der Waals surface area contributed by atoms with Crippen LogP contribution in [0.25, 0.3) is 0 Å². The Morgan fingerprint density at radius 3 is 2.27 bits per heavy atom. The lowest BCUT2D eigenvalue weighted by atomic mass is 9.89. The maximum absolute atomic E-state index is 11.5. The van der Waals surface area contributed by atoms with E-state index in [4.69, 9.17) is 0 Å². The summed E-state index contributed by atoms with van der Waals surface area (Å²) < 4.78 is 1.79. The molecule has 1 aromatic heterocycles. The third kappa shape index (κ3) is 2.03. The van der Waals surface area contributed by atoms with Gasteiger partial charge in [-0.25, -0.2) is 0 Å². The Balaban J connectivity index is 3.33. The van der Waals surface area contributed by atoms with E-state index in [0.29, 0.717) is 5.69 Å². The first-order chi connectivity index (χ1) is 6.79. The van der Waals surface area contributed by atoms with Crippen molar-refractivity contribution in [2.24, 2.45) is 7.05 Å². The third-order valence-electron chi connectivity index (χ3n) is 2.44. The van der Waals surface area contributed by atoms with Crippen molar-refractivity contribution >= 4 is 5.91 Å². The maximum Gasteiger partial charge on any atom is 0.271 e. The van der Waals surface area contributed by atoms with Crippen LogP contribution in [0.15, 0.2) is 0 Å². The average Bonchev–Trinajstić information content (AvgIpc) is 2.39. The first-order valence-corrected chi connectivity index (χ1v) is 5.05. The number of aromatic nitrogens is 2. The fourth-order valence-corrected chi connectivity index (χ4v) is 2.01. The highest BCUT2D eigenvalue weighted by molar-refractivity contribution is 5.93. The van der Waals surface area contributed by atoms with Crippen molar-refractivity contribution in [3.63, 3.8) is 0 Å². The zero-order valence-corrected chi connectivity index (χ0v) is 10.3. The van der Waals surface area contributed by atoms with Crippen LogP contribution in [0.5, 0.6) is 0 Å². The molecule has 1 aromatic rings. The Hall–Kier alpha value is -1.32. The summed E-state index contributed by atoms with van der Waals surface area (Å²) in [5.74, 6) is -0.126. The predicted octanol–water partition coefficient (Wildman–Crippen LogP) is 1.39. The van der Waals surface area contributed by atoms with Crippen LogP contribution < -0.4 is 5.32 Å². The molecule has 1 N–H and O–H groups in total. The number of rotatable bonds is 1. The number of carbonyl (C=O) groups excluding carboxylic acids is 1. The number of hydrogen-bond acceptors (Lipinski definition) is 2. The number of aryl methyl sites for hydroxylation is 1. The van der Waals surface area contributed by atoms with Crippen molar-refractivity contribution in [1.82, 2.24) is 15.1 Å². The predicted molar refractivity (Wildman–Crippen MR) is 60.0 cm³/mol. The minimum Gasteiger partial charge on any atom is -0.354 e. The number of amides is 1. The molecule has 0 saturated heterocycles. The van der Waals surface area contributed by atoms with Gasteiger partial charge in [-0.2, -0.15) is 5.10 Å². The Bertz CT molecular complexity index is 385. The highest BCUT2D eigenvalue weighted by atomic mass is 16.1. The highest BCUT2D eigenvalue weighted by Crippen LogP contribution is 2.26. The van der Waals surface area contributed by atoms with Gasteiger partial charge >= 0.3 is 0 Å². The summed E-state index contributed by atoms with van der Waals surface area (Å²) in [5.41, 5.74) is 2.58. The molecule has 4 heteroatoms. The summed E-state index contributed by atoms with van der Waals surface area (Å²) in [7, 11) is 3.49. The van der Waals surface area contributed by atoms with E-state index in [0.717, 1.165) is 11.3 Å². The van der Waals surface area contributed by atoms with Gasteiger partial charge in [0.1, 0.15) is 0 Å². The van der Waals surface area contributed by atoms with E-state index in [1.807, 2.05) is 14.0 Å². The van der Waals surface area contributed by atoms with E-state index in [2.05, 4.69) is 31.2 Å². The van der Waals surface area contributed by atoms with Crippen LogP contribution in [-0.4, -0.2) is 22.7 Å². The lowest BCUT2D eigenvalue weighted by Crippen LogP contribution is -2.20. The smallest absolute Gasteiger partial charge is 0.271 e. The van der Waals surface area contributed by atoms with Crippen molar-refractivity contribution in [3.05, 3.63) is 17.0 Å². The van der Waals surface area contributed by atoms with Crippen LogP contribution in [0.3, 0.4) is 0 Å². The van der Waals surface area contributed by atoms with Gasteiger partial charge in [0.2, 0.25) is 0 Å². The molecular formula is C11H19N3O. The van der Waals surface area contributed by atoms with Gasteiger partial charge in [-0.1, -0.05) is 20.8 Å². The number of hydrogen-bond donors (Lipinski definition) is 1. The first kappa shape index (κ1) is 11.8. The van der Waals surface area contributed by atoms with Crippen LogP contribution in [0.4, 0.5) is 0 Å². The summed E-state index contributed by atoms with van der Waals surface area (Å²) in [5, 5.41) is 6.85. The Morgan fingerprint density at radius 2 is 1.93 bits per heavy atom. The van der Waals surface area contributed by atoms with Gasteiger partial charge in [0.25, 0.3) is 5.91 Å². The Morgan fingerprint density at radius 1 is 1.40 bits per heavy atom. The van der Waals surface area contributed by atoms with Gasteiger partial charge < -0.3 is 5.32 Å². The molecule has 0 aromatic carbocycles. The highest BCUT2D eigenvalue weighted by Gasteiger charge is 2.25. The molecule has 0 aliphatic carbocycles. The molecule has 0 saturated carbocycles. The van der Waals surface area contributed by atoms with Crippen LogP contribution in [0.1, 0.15) is 42.5 Å². The second-order valence-corrected chi connectivity index (χ2v) is 4.77. The van der Waals surface area contributed by atoms with Crippen LogP contribution >= 0.6 is 0 Å². The molecule has 0 bridgehead atoms. The zero-order chi connectivity index (χ0) is 11.8. The molecule has 0 aliphatic rings. The van der Waals surface area contributed by atoms with E-state index in [1.54, 1.807) is 11.7 Å². The molecule has 0 atom stereocenters. The fraction of sp³-hybridized carbons (Fsp3) is 0.636. The molecule has 1 rings (SSSR count). The van der Waals surface area contributed by atoms with Gasteiger partial charge in [-0.3, -0.25) is 9.48 Å². The summed E-state index contributed by atoms with van der Waals surface area (Å²) in [6.45, 7) is 8.29. The Kier molecular flexibility index (Phi) is 2.88. The second-order valence-electron chi connectivity index (χ2n) is 4.77. The zero-order valence-electron chi connectivity index (χ0n) is 10.3. The van der Waals surface area contributed by atoms with Gasteiger partial charge in [0.05, 0.1) is 0 Å². The fourth-order valence-electron chi connectivity index (χ4n) is 2.01. The number of nitrogens with one attached hydrogen (secondary N) is 1. The van der Waals surface area contributed by atoms with E-state index >= 15 is 0 Å². The maximum atomic E-state index is 11.5. The molecular weight excluding hydrogens is 190 g/mol. The summed E-state index contributed by atoms with van der Waals surface area (Å²) in [4.78, 5) is 11.5. The molecule has 1 amide bonds. The van der Waals surface area contributed by atoms with Gasteiger partial charge in [0, 0.05) is 30.8 Å². The molecule has 0 unspecified atom stereocenters. The molecule has 0 aliphatic heterocycles. The lowest BCUT2D eigenvalue weighted by molar-refractivity contribution is 0.0957. The molecule has 0 radical (unpaired) electrons. The van der Waals surface area contributed by atoms with Crippen molar-refractivity contribution in [2.45, 2.75) is 33.1 Å². The first-order valence-electron chi connectivity index (χ1n) is 5.05. The van der Waals surface area contributed by atoms with Crippen molar-refractivity contribution in [2.75, 3.05) is 7.05 Å². The summed E-state index contributed by atoms with van der Waals surface area (Å²) >= 11 is 0. The minimum atomic E-state index is -0.126. The lowest BCUT2D eigenvalue weighted by Gasteiger charge is -2.19. The summed E-state index contributed by atoms with van der Waals surface area (Å²) in [6, 6.07) is 0. The van der Waals surface area contributed by atoms with Crippen LogP contribution in [-0.2, 0) is 12.5 Å². The topological polar surface area (TPSA) is 46.9 Å². The summed E-state index contributed by atoms with van der Waals surface area (Å²) in [6.07, 6.45) is 0. The van der Waals surface area contributed by atoms with E-state index in [-0.39, 0.29) is 11.3 Å². The molecule has 0 spiro atoms. The van der Waals surface area contributed by atoms with Crippen molar-refractivity contribution < 1.29 is 4.79 Å². The number of nitrogens with zero attached hydrogens (tertiary/aromatic N) is 2. The molecule has 4 nitrogen and oxygen atoms in total. The Labute approximate surface area is 90.7 Å². The van der Waals surface area contributed by atoms with Crippen LogP contribution in [0, 0.1) is 6.92 Å². The minimum absolute atomic E-state index is 0.00188. The number of carbonyl (C=O) groups is 1. The normalized spacial score (nSPS) is 11.6. The average molecular weight is 209 g/mol.